The van der Waals surface area contributed by atoms with Crippen molar-refractivity contribution in [3.05, 3.63) is 62.9 Å². The molecule has 1 aliphatic carbocycles. The van der Waals surface area contributed by atoms with E-state index in [0.29, 0.717) is 22.1 Å². The van der Waals surface area contributed by atoms with Gasteiger partial charge in [0.2, 0.25) is 5.91 Å². The number of carbonyl (C=O) groups is 2. The SMILES string of the molecule is COC(=O)CCc1cccc(NC(=O)C(c2cc(C)c(Br)cc2F)C2CCCC2)c1C. The zero-order chi connectivity index (χ0) is 22.5. The van der Waals surface area contributed by atoms with Gasteiger partial charge in [0.05, 0.1) is 13.0 Å². The minimum absolute atomic E-state index is 0.123. The summed E-state index contributed by atoms with van der Waals surface area (Å²) in [4.78, 5) is 25.0. The average Bonchev–Trinajstić information content (AvgIpc) is 3.26. The second-order valence-corrected chi connectivity index (χ2v) is 9.15. The highest BCUT2D eigenvalue weighted by Crippen LogP contribution is 2.40. The van der Waals surface area contributed by atoms with Crippen LogP contribution in [-0.2, 0) is 20.7 Å². The van der Waals surface area contributed by atoms with Crippen molar-refractivity contribution in [1.29, 1.82) is 0 Å². The second-order valence-electron chi connectivity index (χ2n) is 8.30. The van der Waals surface area contributed by atoms with Gasteiger partial charge in [-0.3, -0.25) is 9.59 Å². The molecular weight excluding hydrogens is 461 g/mol. The summed E-state index contributed by atoms with van der Waals surface area (Å²) >= 11 is 3.38. The molecule has 1 aliphatic rings. The van der Waals surface area contributed by atoms with Gasteiger partial charge in [0.1, 0.15) is 5.82 Å². The Kier molecular flexibility index (Phi) is 7.87. The first-order valence-corrected chi connectivity index (χ1v) is 11.5. The van der Waals surface area contributed by atoms with Crippen LogP contribution in [0.1, 0.15) is 60.3 Å². The number of hydrogen-bond acceptors (Lipinski definition) is 3. The fourth-order valence-corrected chi connectivity index (χ4v) is 4.77. The summed E-state index contributed by atoms with van der Waals surface area (Å²) in [7, 11) is 1.37. The number of aryl methyl sites for hydroxylation is 2. The van der Waals surface area contributed by atoms with E-state index < -0.39 is 5.92 Å². The molecule has 0 aliphatic heterocycles. The molecule has 0 bridgehead atoms. The van der Waals surface area contributed by atoms with Gasteiger partial charge in [-0.1, -0.05) is 47.0 Å². The van der Waals surface area contributed by atoms with Crippen LogP contribution >= 0.6 is 15.9 Å². The fourth-order valence-electron chi connectivity index (χ4n) is 4.46. The van der Waals surface area contributed by atoms with Crippen molar-refractivity contribution in [2.75, 3.05) is 12.4 Å². The minimum atomic E-state index is -0.535. The Morgan fingerprint density at radius 3 is 2.61 bits per heavy atom. The summed E-state index contributed by atoms with van der Waals surface area (Å²) in [6, 6.07) is 8.91. The van der Waals surface area contributed by atoms with Crippen LogP contribution in [0.4, 0.5) is 10.1 Å². The summed E-state index contributed by atoms with van der Waals surface area (Å²) in [6.07, 6.45) is 4.79. The highest BCUT2D eigenvalue weighted by atomic mass is 79.9. The number of rotatable bonds is 7. The zero-order valence-corrected chi connectivity index (χ0v) is 19.9. The van der Waals surface area contributed by atoms with Crippen LogP contribution in [0.3, 0.4) is 0 Å². The molecule has 31 heavy (non-hydrogen) atoms. The maximum absolute atomic E-state index is 14.9. The minimum Gasteiger partial charge on any atom is -0.469 e. The summed E-state index contributed by atoms with van der Waals surface area (Å²) in [6.45, 7) is 3.84. The molecule has 0 heterocycles. The van der Waals surface area contributed by atoms with Crippen LogP contribution < -0.4 is 5.32 Å². The first-order chi connectivity index (χ1) is 14.8. The monoisotopic (exact) mass is 489 g/mol. The Labute approximate surface area is 191 Å². The molecule has 2 aromatic carbocycles. The van der Waals surface area contributed by atoms with Crippen molar-refractivity contribution in [1.82, 2.24) is 0 Å². The molecule has 4 nitrogen and oxygen atoms in total. The van der Waals surface area contributed by atoms with Gasteiger partial charge in [-0.15, -0.1) is 0 Å². The van der Waals surface area contributed by atoms with Crippen LogP contribution in [-0.4, -0.2) is 19.0 Å². The van der Waals surface area contributed by atoms with Crippen molar-refractivity contribution >= 4 is 33.5 Å². The molecule has 1 unspecified atom stereocenters. The van der Waals surface area contributed by atoms with Crippen molar-refractivity contribution in [3.8, 4) is 0 Å². The van der Waals surface area contributed by atoms with E-state index >= 15 is 0 Å². The van der Waals surface area contributed by atoms with Crippen molar-refractivity contribution in [2.24, 2.45) is 5.92 Å². The van der Waals surface area contributed by atoms with Gasteiger partial charge in [0, 0.05) is 22.1 Å². The van der Waals surface area contributed by atoms with Crippen molar-refractivity contribution in [3.63, 3.8) is 0 Å². The van der Waals surface area contributed by atoms with E-state index in [-0.39, 0.29) is 30.0 Å². The first kappa shape index (κ1) is 23.5. The van der Waals surface area contributed by atoms with Crippen LogP contribution in [0, 0.1) is 25.6 Å². The maximum atomic E-state index is 14.9. The molecule has 0 radical (unpaired) electrons. The largest absolute Gasteiger partial charge is 0.469 e. The lowest BCUT2D eigenvalue weighted by Crippen LogP contribution is -2.28. The van der Waals surface area contributed by atoms with Crippen LogP contribution in [0.25, 0.3) is 0 Å². The Morgan fingerprint density at radius 2 is 1.94 bits per heavy atom. The third-order valence-electron chi connectivity index (χ3n) is 6.30. The number of halogens is 2. The summed E-state index contributed by atoms with van der Waals surface area (Å²) in [5, 5.41) is 3.06. The van der Waals surface area contributed by atoms with Crippen LogP contribution in [0.15, 0.2) is 34.8 Å². The lowest BCUT2D eigenvalue weighted by molar-refractivity contribution is -0.140. The Balaban J connectivity index is 1.88. The molecule has 3 rings (SSSR count). The normalized spacial score (nSPS) is 15.0. The molecule has 1 fully saturated rings. The van der Waals surface area contributed by atoms with E-state index in [1.807, 2.05) is 32.0 Å². The van der Waals surface area contributed by atoms with E-state index in [4.69, 9.17) is 4.74 Å². The van der Waals surface area contributed by atoms with Gasteiger partial charge in [-0.05, 0) is 67.9 Å². The number of ether oxygens (including phenoxy) is 1. The second kappa shape index (κ2) is 10.4. The highest BCUT2D eigenvalue weighted by molar-refractivity contribution is 9.10. The van der Waals surface area contributed by atoms with Gasteiger partial charge in [0.25, 0.3) is 0 Å². The van der Waals surface area contributed by atoms with E-state index in [1.165, 1.54) is 13.2 Å². The quantitative estimate of drug-likeness (QED) is 0.469. The zero-order valence-electron chi connectivity index (χ0n) is 18.3. The molecule has 1 atom stereocenters. The summed E-state index contributed by atoms with van der Waals surface area (Å²) < 4.78 is 20.4. The molecule has 0 saturated heterocycles. The average molecular weight is 490 g/mol. The third-order valence-corrected chi connectivity index (χ3v) is 7.15. The van der Waals surface area contributed by atoms with Gasteiger partial charge in [-0.2, -0.15) is 0 Å². The predicted molar refractivity (Wildman–Crippen MR) is 124 cm³/mol. The third kappa shape index (κ3) is 5.53. The number of methoxy groups -OCH3 is 1. The van der Waals surface area contributed by atoms with Crippen LogP contribution in [0.2, 0.25) is 0 Å². The van der Waals surface area contributed by atoms with E-state index in [0.717, 1.165) is 42.4 Å². The Hall–Kier alpha value is -2.21. The number of hydrogen-bond donors (Lipinski definition) is 1. The number of nitrogens with one attached hydrogen (secondary N) is 1. The van der Waals surface area contributed by atoms with Gasteiger partial charge in [-0.25, -0.2) is 4.39 Å². The number of amides is 1. The molecule has 6 heteroatoms. The van der Waals surface area contributed by atoms with E-state index in [2.05, 4.69) is 21.2 Å². The molecule has 0 aromatic heterocycles. The number of carbonyl (C=O) groups excluding carboxylic acids is 2. The number of anilines is 1. The van der Waals surface area contributed by atoms with Gasteiger partial charge in [0.15, 0.2) is 0 Å². The summed E-state index contributed by atoms with van der Waals surface area (Å²) in [5.74, 6) is -1.21. The van der Waals surface area contributed by atoms with Crippen molar-refractivity contribution < 1.29 is 18.7 Å². The topological polar surface area (TPSA) is 55.4 Å². The lowest BCUT2D eigenvalue weighted by atomic mass is 9.83. The first-order valence-electron chi connectivity index (χ1n) is 10.7. The van der Waals surface area contributed by atoms with Gasteiger partial charge >= 0.3 is 5.97 Å². The highest BCUT2D eigenvalue weighted by Gasteiger charge is 2.34. The number of benzene rings is 2. The van der Waals surface area contributed by atoms with Crippen LogP contribution in [0.5, 0.6) is 0 Å². The molecule has 1 amide bonds. The summed E-state index contributed by atoms with van der Waals surface area (Å²) in [5.41, 5.74) is 3.96. The van der Waals surface area contributed by atoms with Gasteiger partial charge < -0.3 is 10.1 Å². The standard InChI is InChI=1S/C25H29BrFNO3/c1-15-13-19(21(27)14-20(15)26)24(18-7-4-5-8-18)25(30)28-22-10-6-9-17(16(22)2)11-12-23(29)31-3/h6,9-10,13-14,18,24H,4-5,7-8,11-12H2,1-3H3,(H,28,30). The van der Waals surface area contributed by atoms with E-state index in [1.54, 1.807) is 6.07 Å². The molecule has 1 N–H and O–H groups in total. The molecular formula is C25H29BrFNO3. The Bertz CT molecular complexity index is 969. The van der Waals surface area contributed by atoms with E-state index in [9.17, 15) is 14.0 Å². The van der Waals surface area contributed by atoms with Crippen molar-refractivity contribution in [2.45, 2.75) is 58.3 Å². The lowest BCUT2D eigenvalue weighted by Gasteiger charge is -2.25. The molecule has 1 saturated carbocycles. The Morgan fingerprint density at radius 1 is 1.23 bits per heavy atom. The number of esters is 1. The predicted octanol–water partition coefficient (Wildman–Crippen LogP) is 6.22. The molecule has 166 valence electrons. The smallest absolute Gasteiger partial charge is 0.305 e. The molecule has 2 aromatic rings. The molecule has 0 spiro atoms. The fraction of sp³-hybridized carbons (Fsp3) is 0.440. The maximum Gasteiger partial charge on any atom is 0.305 e.